The molecule has 1 aliphatic rings. The predicted molar refractivity (Wildman–Crippen MR) is 68.6 cm³/mol. The Balaban J connectivity index is 2.15. The highest BCUT2D eigenvalue weighted by Crippen LogP contribution is 2.36. The lowest BCUT2D eigenvalue weighted by molar-refractivity contribution is -0.158. The van der Waals surface area contributed by atoms with Crippen LogP contribution in [-0.4, -0.2) is 40.1 Å². The fourth-order valence-electron chi connectivity index (χ4n) is 2.63. The van der Waals surface area contributed by atoms with Crippen LogP contribution >= 0.6 is 0 Å². The van der Waals surface area contributed by atoms with Crippen LogP contribution in [0, 0.1) is 11.3 Å². The summed E-state index contributed by atoms with van der Waals surface area (Å²) in [5.74, 6) is -2.95. The van der Waals surface area contributed by atoms with Gasteiger partial charge in [0.05, 0.1) is 11.3 Å². The normalized spacial score (nSPS) is 27.3. The van der Waals surface area contributed by atoms with Crippen LogP contribution in [0.25, 0.3) is 0 Å². The molecular formula is C14H17NO4. The number of rotatable bonds is 4. The summed E-state index contributed by atoms with van der Waals surface area (Å²) in [5.41, 5.74) is -0.165. The zero-order chi connectivity index (χ0) is 14.0. The highest BCUT2D eigenvalue weighted by atomic mass is 16.4. The summed E-state index contributed by atoms with van der Waals surface area (Å²) in [4.78, 5) is 24.5. The average Bonchev–Trinajstić information content (AvgIpc) is 2.69. The van der Waals surface area contributed by atoms with E-state index in [4.69, 9.17) is 0 Å². The molecule has 0 unspecified atom stereocenters. The lowest BCUT2D eigenvalue weighted by Gasteiger charge is -2.22. The molecule has 0 saturated carbocycles. The number of nitrogens with zero attached hydrogens (tertiary/aromatic N) is 1. The van der Waals surface area contributed by atoms with Crippen molar-refractivity contribution in [1.29, 1.82) is 0 Å². The fourth-order valence-corrected chi connectivity index (χ4v) is 2.63. The summed E-state index contributed by atoms with van der Waals surface area (Å²) in [5, 5.41) is 18.5. The molecule has 0 bridgehead atoms. The molecule has 5 heteroatoms. The van der Waals surface area contributed by atoms with Crippen molar-refractivity contribution in [2.24, 2.45) is 11.3 Å². The van der Waals surface area contributed by atoms with E-state index in [9.17, 15) is 19.8 Å². The number of hydrogen-bond acceptors (Lipinski definition) is 3. The maximum atomic E-state index is 11.3. The predicted octanol–water partition coefficient (Wildman–Crippen LogP) is 1.29. The van der Waals surface area contributed by atoms with Crippen LogP contribution in [-0.2, 0) is 16.1 Å². The summed E-state index contributed by atoms with van der Waals surface area (Å²) < 4.78 is 0. The number of benzene rings is 1. The third-order valence-electron chi connectivity index (χ3n) is 3.80. The molecule has 0 aromatic heterocycles. The van der Waals surface area contributed by atoms with Gasteiger partial charge in [0, 0.05) is 19.6 Å². The second-order valence-corrected chi connectivity index (χ2v) is 5.27. The molecule has 2 atom stereocenters. The first-order chi connectivity index (χ1) is 8.93. The first-order valence-corrected chi connectivity index (χ1v) is 6.16. The Labute approximate surface area is 111 Å². The molecular weight excluding hydrogens is 246 g/mol. The molecule has 1 aliphatic heterocycles. The molecule has 0 spiro atoms. The highest BCUT2D eigenvalue weighted by Gasteiger charge is 2.52. The first-order valence-electron chi connectivity index (χ1n) is 6.16. The van der Waals surface area contributed by atoms with Crippen molar-refractivity contribution in [3.63, 3.8) is 0 Å². The van der Waals surface area contributed by atoms with E-state index in [1.54, 1.807) is 0 Å². The molecule has 19 heavy (non-hydrogen) atoms. The molecule has 1 aromatic rings. The van der Waals surface area contributed by atoms with Crippen molar-refractivity contribution in [3.8, 4) is 0 Å². The van der Waals surface area contributed by atoms with E-state index in [-0.39, 0.29) is 13.1 Å². The zero-order valence-corrected chi connectivity index (χ0v) is 10.7. The summed E-state index contributed by atoms with van der Waals surface area (Å²) in [7, 11) is 0. The van der Waals surface area contributed by atoms with Crippen LogP contribution in [0.5, 0.6) is 0 Å². The quantitative estimate of drug-likeness (QED) is 0.856. The monoisotopic (exact) mass is 263 g/mol. The minimum atomic E-state index is -1.22. The van der Waals surface area contributed by atoms with Crippen LogP contribution < -0.4 is 0 Å². The van der Waals surface area contributed by atoms with Crippen LogP contribution in [0.2, 0.25) is 0 Å². The van der Waals surface area contributed by atoms with Gasteiger partial charge in [-0.1, -0.05) is 30.3 Å². The van der Waals surface area contributed by atoms with Gasteiger partial charge in [0.2, 0.25) is 0 Å². The van der Waals surface area contributed by atoms with Crippen molar-refractivity contribution in [3.05, 3.63) is 35.9 Å². The molecule has 0 amide bonds. The zero-order valence-electron chi connectivity index (χ0n) is 10.7. The molecule has 0 radical (unpaired) electrons. The van der Waals surface area contributed by atoms with Gasteiger partial charge in [-0.3, -0.25) is 14.5 Å². The van der Waals surface area contributed by atoms with Gasteiger partial charge in [0.1, 0.15) is 0 Å². The average molecular weight is 263 g/mol. The Morgan fingerprint density at radius 2 is 1.95 bits per heavy atom. The third-order valence-corrected chi connectivity index (χ3v) is 3.80. The lowest BCUT2D eigenvalue weighted by Crippen LogP contribution is -2.39. The molecule has 0 aliphatic carbocycles. The number of likely N-dealkylation sites (tertiary alicyclic amines) is 1. The van der Waals surface area contributed by atoms with Crippen LogP contribution in [0.4, 0.5) is 0 Å². The maximum absolute atomic E-state index is 11.3. The van der Waals surface area contributed by atoms with Gasteiger partial charge in [0.25, 0.3) is 0 Å². The Morgan fingerprint density at radius 3 is 2.42 bits per heavy atom. The van der Waals surface area contributed by atoms with E-state index < -0.39 is 23.3 Å². The molecule has 1 aromatic carbocycles. The Bertz CT molecular complexity index is 487. The van der Waals surface area contributed by atoms with Gasteiger partial charge in [-0.05, 0) is 12.5 Å². The lowest BCUT2D eigenvalue weighted by atomic mass is 9.80. The SMILES string of the molecule is C[C@@]1(C(=O)O)CN(Cc2ccccc2)C[C@@H]1C(=O)O. The van der Waals surface area contributed by atoms with Crippen LogP contribution in [0.1, 0.15) is 12.5 Å². The molecule has 1 heterocycles. The van der Waals surface area contributed by atoms with E-state index in [2.05, 4.69) is 0 Å². The molecule has 2 rings (SSSR count). The van der Waals surface area contributed by atoms with Crippen molar-refractivity contribution in [2.45, 2.75) is 13.5 Å². The molecule has 2 N–H and O–H groups in total. The third kappa shape index (κ3) is 2.61. The first kappa shape index (κ1) is 13.5. The van der Waals surface area contributed by atoms with Crippen molar-refractivity contribution >= 4 is 11.9 Å². The summed E-state index contributed by atoms with van der Waals surface area (Å²) >= 11 is 0. The number of carbonyl (C=O) groups is 2. The van der Waals surface area contributed by atoms with Crippen molar-refractivity contribution in [2.75, 3.05) is 13.1 Å². The molecule has 1 fully saturated rings. The molecule has 1 saturated heterocycles. The number of hydrogen-bond donors (Lipinski definition) is 2. The van der Waals surface area contributed by atoms with E-state index in [0.29, 0.717) is 6.54 Å². The van der Waals surface area contributed by atoms with Crippen molar-refractivity contribution < 1.29 is 19.8 Å². The minimum absolute atomic E-state index is 0.258. The Kier molecular flexibility index (Phi) is 3.57. The Morgan fingerprint density at radius 1 is 1.32 bits per heavy atom. The van der Waals surface area contributed by atoms with Gasteiger partial charge in [-0.25, -0.2) is 0 Å². The highest BCUT2D eigenvalue weighted by molar-refractivity contribution is 5.84. The topological polar surface area (TPSA) is 77.8 Å². The van der Waals surface area contributed by atoms with Crippen molar-refractivity contribution in [1.82, 2.24) is 4.90 Å². The van der Waals surface area contributed by atoms with Gasteiger partial charge in [-0.2, -0.15) is 0 Å². The molecule has 5 nitrogen and oxygen atoms in total. The Hall–Kier alpha value is -1.88. The second kappa shape index (κ2) is 5.01. The number of carboxylic acid groups (broad SMARTS) is 2. The van der Waals surface area contributed by atoms with E-state index >= 15 is 0 Å². The largest absolute Gasteiger partial charge is 0.481 e. The smallest absolute Gasteiger partial charge is 0.311 e. The number of aliphatic carboxylic acids is 2. The van der Waals surface area contributed by atoms with Crippen LogP contribution in [0.3, 0.4) is 0 Å². The minimum Gasteiger partial charge on any atom is -0.481 e. The van der Waals surface area contributed by atoms with Gasteiger partial charge in [-0.15, -0.1) is 0 Å². The van der Waals surface area contributed by atoms with Gasteiger partial charge in [0.15, 0.2) is 0 Å². The van der Waals surface area contributed by atoms with E-state index in [1.807, 2.05) is 35.2 Å². The summed E-state index contributed by atoms with van der Waals surface area (Å²) in [6.07, 6.45) is 0. The number of carboxylic acids is 2. The van der Waals surface area contributed by atoms with E-state index in [0.717, 1.165) is 5.56 Å². The summed E-state index contributed by atoms with van der Waals surface area (Å²) in [6, 6.07) is 9.64. The standard InChI is InChI=1S/C14H17NO4/c1-14(13(18)19)9-15(8-11(14)12(16)17)7-10-5-3-2-4-6-10/h2-6,11H,7-9H2,1H3,(H,16,17)(H,18,19)/t11-,14-/m1/s1. The van der Waals surface area contributed by atoms with Gasteiger partial charge >= 0.3 is 11.9 Å². The van der Waals surface area contributed by atoms with E-state index in [1.165, 1.54) is 6.92 Å². The maximum Gasteiger partial charge on any atom is 0.311 e. The molecule has 102 valence electrons. The summed E-state index contributed by atoms with van der Waals surface area (Å²) in [6.45, 7) is 2.62. The van der Waals surface area contributed by atoms with Gasteiger partial charge < -0.3 is 10.2 Å². The van der Waals surface area contributed by atoms with Crippen LogP contribution in [0.15, 0.2) is 30.3 Å². The second-order valence-electron chi connectivity index (χ2n) is 5.27. The fraction of sp³-hybridized carbons (Fsp3) is 0.429.